The van der Waals surface area contributed by atoms with Crippen molar-refractivity contribution in [2.24, 2.45) is 10.8 Å². The number of carboxylic acid groups (broad SMARTS) is 1. The number of carbonyl (C=O) groups excluding carboxylic acids is 2. The number of ether oxygens (including phenoxy) is 2. The number of nitrogens with zero attached hydrogens (tertiary/aromatic N) is 1. The van der Waals surface area contributed by atoms with E-state index in [1.165, 1.54) is 0 Å². The van der Waals surface area contributed by atoms with Crippen LogP contribution in [0.2, 0.25) is 0 Å². The number of allylic oxidation sites excluding steroid dienone is 4. The maximum Gasteiger partial charge on any atom is 0.305 e. The molecule has 1 aromatic rings. The van der Waals surface area contributed by atoms with Gasteiger partial charge < -0.3 is 19.5 Å². The van der Waals surface area contributed by atoms with Crippen molar-refractivity contribution in [3.8, 4) is 11.5 Å². The first kappa shape index (κ1) is 28.4. The number of ketones is 2. The van der Waals surface area contributed by atoms with Crippen LogP contribution in [-0.2, 0) is 14.4 Å². The minimum absolute atomic E-state index is 0.00622. The first-order valence-corrected chi connectivity index (χ1v) is 14.0. The fourth-order valence-corrected chi connectivity index (χ4v) is 6.83. The summed E-state index contributed by atoms with van der Waals surface area (Å²) in [6, 6.07) is 3.84. The molecule has 0 bridgehead atoms. The Labute approximate surface area is 238 Å². The number of hydrogen-bond donors (Lipinski definition) is 1. The van der Waals surface area contributed by atoms with Crippen LogP contribution in [0.25, 0.3) is 0 Å². The van der Waals surface area contributed by atoms with E-state index in [1.54, 1.807) is 13.2 Å². The van der Waals surface area contributed by atoms with Gasteiger partial charge in [-0.1, -0.05) is 40.3 Å². The van der Waals surface area contributed by atoms with E-state index in [-0.39, 0.29) is 35.4 Å². The van der Waals surface area contributed by atoms with Crippen LogP contribution in [0.1, 0.15) is 71.3 Å². The Kier molecular flexibility index (Phi) is 7.85. The Bertz CT molecular complexity index is 1220. The SMILES string of the molecule is C=CCOc1c(I)cc(C2C3=C(CC(C)(C)CC3=O)N(CCC(=O)O)C3=C2C(=O)CC(C)(C)C3)cc1OC. The molecule has 1 aliphatic heterocycles. The Morgan fingerprint density at radius 2 is 1.63 bits per heavy atom. The average molecular weight is 634 g/mol. The van der Waals surface area contributed by atoms with Crippen molar-refractivity contribution in [1.29, 1.82) is 0 Å². The number of rotatable bonds is 8. The van der Waals surface area contributed by atoms with Gasteiger partial charge in [-0.15, -0.1) is 0 Å². The van der Waals surface area contributed by atoms with Crippen molar-refractivity contribution in [2.75, 3.05) is 20.3 Å². The van der Waals surface area contributed by atoms with Crippen molar-refractivity contribution >= 4 is 40.1 Å². The lowest BCUT2D eigenvalue weighted by atomic mass is 9.63. The van der Waals surface area contributed by atoms with Gasteiger partial charge in [0, 0.05) is 47.8 Å². The molecule has 8 heteroatoms. The van der Waals surface area contributed by atoms with E-state index < -0.39 is 11.9 Å². The van der Waals surface area contributed by atoms with Crippen LogP contribution >= 0.6 is 22.6 Å². The van der Waals surface area contributed by atoms with E-state index >= 15 is 0 Å². The van der Waals surface area contributed by atoms with Gasteiger partial charge in [0.2, 0.25) is 0 Å². The van der Waals surface area contributed by atoms with Crippen LogP contribution in [0.15, 0.2) is 47.3 Å². The highest BCUT2D eigenvalue weighted by atomic mass is 127. The smallest absolute Gasteiger partial charge is 0.305 e. The molecule has 0 saturated carbocycles. The summed E-state index contributed by atoms with van der Waals surface area (Å²) in [5.74, 6) is -0.319. The van der Waals surface area contributed by atoms with Gasteiger partial charge in [0.1, 0.15) is 6.61 Å². The fraction of sp³-hybridized carbons (Fsp3) is 0.500. The Hall–Kier alpha value is -2.62. The van der Waals surface area contributed by atoms with Crippen molar-refractivity contribution in [2.45, 2.75) is 65.7 Å². The van der Waals surface area contributed by atoms with E-state index in [1.807, 2.05) is 17.0 Å². The molecule has 4 rings (SSSR count). The fourth-order valence-electron chi connectivity index (χ4n) is 6.05. The highest BCUT2D eigenvalue weighted by Gasteiger charge is 2.49. The third-order valence-corrected chi connectivity index (χ3v) is 8.30. The molecule has 2 aliphatic carbocycles. The standard InChI is InChI=1S/C30H36INO6/c1-7-10-38-28-18(31)11-17(12-23(28)37-6)25-26-19(13-29(2,3)15-21(26)33)32(9-8-24(35)36)20-14-30(4,5)16-22(34)27(20)25/h7,11-12,25H,1,8-10,13-16H2,2-6H3,(H,35,36). The number of Topliss-reactive ketones (excluding diaryl/α,β-unsaturated/α-hetero) is 2. The minimum atomic E-state index is -0.909. The highest BCUT2D eigenvalue weighted by molar-refractivity contribution is 14.1. The number of carboxylic acids is 1. The van der Waals surface area contributed by atoms with Crippen LogP contribution in [0, 0.1) is 14.4 Å². The van der Waals surface area contributed by atoms with Crippen LogP contribution in [0.5, 0.6) is 11.5 Å². The van der Waals surface area contributed by atoms with E-state index in [9.17, 15) is 19.5 Å². The summed E-state index contributed by atoms with van der Waals surface area (Å²) in [4.78, 5) is 41.3. The van der Waals surface area contributed by atoms with Gasteiger partial charge in [0.25, 0.3) is 0 Å². The van der Waals surface area contributed by atoms with E-state index in [2.05, 4.69) is 56.9 Å². The van der Waals surface area contributed by atoms with Gasteiger partial charge in [-0.05, 0) is 64.0 Å². The van der Waals surface area contributed by atoms with Gasteiger partial charge in [-0.3, -0.25) is 14.4 Å². The van der Waals surface area contributed by atoms with Gasteiger partial charge in [-0.2, -0.15) is 0 Å². The lowest BCUT2D eigenvalue weighted by Crippen LogP contribution is -2.45. The van der Waals surface area contributed by atoms with Crippen LogP contribution in [-0.4, -0.2) is 47.8 Å². The number of methoxy groups -OCH3 is 1. The molecule has 1 N–H and O–H groups in total. The largest absolute Gasteiger partial charge is 0.493 e. The second kappa shape index (κ2) is 10.5. The molecule has 0 fully saturated rings. The third kappa shape index (κ3) is 5.42. The predicted molar refractivity (Wildman–Crippen MR) is 153 cm³/mol. The summed E-state index contributed by atoms with van der Waals surface area (Å²) in [6.07, 6.45) is 3.57. The zero-order chi connectivity index (χ0) is 28.0. The number of carbonyl (C=O) groups is 3. The molecular formula is C30H36INO6. The summed E-state index contributed by atoms with van der Waals surface area (Å²) >= 11 is 2.20. The quantitative estimate of drug-likeness (QED) is 0.276. The summed E-state index contributed by atoms with van der Waals surface area (Å²) in [5, 5.41) is 9.53. The summed E-state index contributed by atoms with van der Waals surface area (Å²) in [7, 11) is 1.57. The van der Waals surface area contributed by atoms with Gasteiger partial charge in [0.15, 0.2) is 23.1 Å². The Morgan fingerprint density at radius 1 is 1.08 bits per heavy atom. The molecule has 3 aliphatic rings. The molecule has 204 valence electrons. The normalized spacial score (nSPS) is 20.7. The van der Waals surface area contributed by atoms with Crippen molar-refractivity contribution in [3.05, 3.63) is 56.5 Å². The van der Waals surface area contributed by atoms with Crippen molar-refractivity contribution in [3.63, 3.8) is 0 Å². The van der Waals surface area contributed by atoms with E-state index in [4.69, 9.17) is 9.47 Å². The maximum atomic E-state index is 13.9. The average Bonchev–Trinajstić information content (AvgIpc) is 2.79. The molecule has 0 amide bonds. The molecule has 1 aromatic carbocycles. The maximum absolute atomic E-state index is 13.9. The molecule has 38 heavy (non-hydrogen) atoms. The topological polar surface area (TPSA) is 93.1 Å². The van der Waals surface area contributed by atoms with Crippen LogP contribution in [0.4, 0.5) is 0 Å². The van der Waals surface area contributed by atoms with Gasteiger partial charge in [-0.25, -0.2) is 0 Å². The Balaban J connectivity index is 1.99. The second-order valence-corrected chi connectivity index (χ2v) is 13.1. The summed E-state index contributed by atoms with van der Waals surface area (Å²) < 4.78 is 12.4. The monoisotopic (exact) mass is 633 g/mol. The zero-order valence-corrected chi connectivity index (χ0v) is 24.9. The third-order valence-electron chi connectivity index (χ3n) is 7.50. The lowest BCUT2D eigenvalue weighted by molar-refractivity contribution is -0.137. The lowest BCUT2D eigenvalue weighted by Gasteiger charge is -2.49. The molecule has 7 nitrogen and oxygen atoms in total. The molecule has 1 heterocycles. The summed E-state index contributed by atoms with van der Waals surface area (Å²) in [5.41, 5.74) is 3.17. The highest BCUT2D eigenvalue weighted by Crippen LogP contribution is 2.55. The zero-order valence-electron chi connectivity index (χ0n) is 22.8. The molecule has 0 spiro atoms. The van der Waals surface area contributed by atoms with Gasteiger partial charge in [0.05, 0.1) is 17.1 Å². The number of hydrogen-bond acceptors (Lipinski definition) is 6. The van der Waals surface area contributed by atoms with Crippen LogP contribution in [0.3, 0.4) is 0 Å². The predicted octanol–water partition coefficient (Wildman–Crippen LogP) is 6.02. The molecule has 0 aromatic heterocycles. The molecule has 0 radical (unpaired) electrons. The van der Waals surface area contributed by atoms with Crippen LogP contribution < -0.4 is 9.47 Å². The molecule has 0 atom stereocenters. The molecular weight excluding hydrogens is 597 g/mol. The Morgan fingerprint density at radius 3 is 2.11 bits per heavy atom. The second-order valence-electron chi connectivity index (χ2n) is 12.0. The van der Waals surface area contributed by atoms with E-state index in [0.29, 0.717) is 54.9 Å². The summed E-state index contributed by atoms with van der Waals surface area (Å²) in [6.45, 7) is 12.5. The number of aliphatic carboxylic acids is 1. The first-order chi connectivity index (χ1) is 17.8. The first-order valence-electron chi connectivity index (χ1n) is 12.9. The number of halogens is 1. The van der Waals surface area contributed by atoms with Crippen molar-refractivity contribution < 1.29 is 29.0 Å². The van der Waals surface area contributed by atoms with Crippen molar-refractivity contribution in [1.82, 2.24) is 4.90 Å². The van der Waals surface area contributed by atoms with E-state index in [0.717, 1.165) is 20.5 Å². The van der Waals surface area contributed by atoms with Gasteiger partial charge >= 0.3 is 5.97 Å². The minimum Gasteiger partial charge on any atom is -0.493 e. The molecule has 0 saturated heterocycles. The number of benzene rings is 1. The molecule has 0 unspecified atom stereocenters.